The fourth-order valence-corrected chi connectivity index (χ4v) is 3.15. The summed E-state index contributed by atoms with van der Waals surface area (Å²) in [7, 11) is 4.35. The van der Waals surface area contributed by atoms with Crippen LogP contribution in [0.4, 0.5) is 0 Å². The molecule has 0 atom stereocenters. The van der Waals surface area contributed by atoms with Crippen LogP contribution in [0, 0.1) is 0 Å². The van der Waals surface area contributed by atoms with E-state index in [0.29, 0.717) is 0 Å². The van der Waals surface area contributed by atoms with E-state index < -0.39 is 0 Å². The summed E-state index contributed by atoms with van der Waals surface area (Å²) in [6, 6.07) is 0. The van der Waals surface area contributed by atoms with Crippen LogP contribution in [0.1, 0.15) is 116 Å². The summed E-state index contributed by atoms with van der Waals surface area (Å²) < 4.78 is 0. The maximum atomic E-state index is 2.30. The van der Waals surface area contributed by atoms with Gasteiger partial charge in [-0.3, -0.25) is 0 Å². The lowest BCUT2D eigenvalue weighted by molar-refractivity contribution is 0.389. The van der Waals surface area contributed by atoms with Crippen LogP contribution in [0.3, 0.4) is 0 Å². The minimum absolute atomic E-state index is 0. The number of unbranched alkanes of at least 4 members (excludes halogenated alkanes) is 16. The zero-order valence-corrected chi connectivity index (χ0v) is 18.1. The molecular formula is C21H49ClN2. The van der Waals surface area contributed by atoms with E-state index in [9.17, 15) is 0 Å². The summed E-state index contributed by atoms with van der Waals surface area (Å²) in [6.07, 6.45) is 24.8. The Bertz CT molecular complexity index is 198. The van der Waals surface area contributed by atoms with Gasteiger partial charge >= 0.3 is 0 Å². The van der Waals surface area contributed by atoms with Crippen molar-refractivity contribution < 1.29 is 0 Å². The fraction of sp³-hybridized carbons (Fsp3) is 1.00. The van der Waals surface area contributed by atoms with Gasteiger partial charge in [0.05, 0.1) is 0 Å². The van der Waals surface area contributed by atoms with E-state index in [4.69, 9.17) is 0 Å². The van der Waals surface area contributed by atoms with Crippen molar-refractivity contribution in [2.24, 2.45) is 0 Å². The normalized spacial score (nSPS) is 10.5. The second kappa shape index (κ2) is 25.5. The number of rotatable bonds is 18. The highest BCUT2D eigenvalue weighted by Gasteiger charge is 1.95. The van der Waals surface area contributed by atoms with Crippen LogP contribution in [-0.2, 0) is 0 Å². The summed E-state index contributed by atoms with van der Waals surface area (Å²) in [4.78, 5) is 2.30. The van der Waals surface area contributed by atoms with E-state index in [-0.39, 0.29) is 18.6 Å². The minimum atomic E-state index is 0. The van der Waals surface area contributed by atoms with Crippen molar-refractivity contribution in [2.75, 3.05) is 20.6 Å². The predicted octanol–water partition coefficient (Wildman–Crippen LogP) is 7.78. The molecule has 24 heavy (non-hydrogen) atoms. The van der Waals surface area contributed by atoms with Crippen molar-refractivity contribution in [2.45, 2.75) is 116 Å². The molecule has 0 saturated heterocycles. The van der Waals surface area contributed by atoms with Gasteiger partial charge in [-0.15, -0.1) is 12.4 Å². The van der Waals surface area contributed by atoms with Gasteiger partial charge in [0.2, 0.25) is 0 Å². The Balaban J connectivity index is -0.00000220. The molecule has 3 N–H and O–H groups in total. The Kier molecular flexibility index (Phi) is 30.7. The van der Waals surface area contributed by atoms with E-state index in [1.807, 2.05) is 0 Å². The van der Waals surface area contributed by atoms with Crippen molar-refractivity contribution in [1.82, 2.24) is 11.1 Å². The lowest BCUT2D eigenvalue weighted by Gasteiger charge is -2.08. The number of nitrogens with zero attached hydrogens (tertiary/aromatic N) is 1. The first-order chi connectivity index (χ1) is 10.8. The third kappa shape index (κ3) is 27.1. The van der Waals surface area contributed by atoms with Gasteiger partial charge in [0.25, 0.3) is 0 Å². The molecule has 0 bridgehead atoms. The van der Waals surface area contributed by atoms with E-state index >= 15 is 0 Å². The molecule has 0 radical (unpaired) electrons. The van der Waals surface area contributed by atoms with Gasteiger partial charge in [0.1, 0.15) is 0 Å². The summed E-state index contributed by atoms with van der Waals surface area (Å²) in [6.45, 7) is 3.56. The first-order valence-corrected chi connectivity index (χ1v) is 10.4. The molecule has 0 fully saturated rings. The Hall–Kier alpha value is 0.210. The van der Waals surface area contributed by atoms with Crippen LogP contribution >= 0.6 is 12.4 Å². The first kappa shape index (κ1) is 29.0. The molecule has 0 spiro atoms. The van der Waals surface area contributed by atoms with Gasteiger partial charge in [0, 0.05) is 0 Å². The van der Waals surface area contributed by atoms with Gasteiger partial charge in [-0.25, -0.2) is 0 Å². The van der Waals surface area contributed by atoms with Gasteiger partial charge in [-0.2, -0.15) is 0 Å². The Morgan fingerprint density at radius 2 is 0.708 bits per heavy atom. The van der Waals surface area contributed by atoms with Crippen LogP contribution in [0.5, 0.6) is 0 Å². The first-order valence-electron chi connectivity index (χ1n) is 10.4. The zero-order chi connectivity index (χ0) is 16.3. The number of hydrogen-bond donors (Lipinski definition) is 1. The minimum Gasteiger partial charge on any atom is -0.344 e. The molecule has 0 amide bonds. The van der Waals surface area contributed by atoms with Crippen molar-refractivity contribution in [1.29, 1.82) is 0 Å². The van der Waals surface area contributed by atoms with Gasteiger partial charge in [0.15, 0.2) is 0 Å². The van der Waals surface area contributed by atoms with Crippen LogP contribution < -0.4 is 6.15 Å². The van der Waals surface area contributed by atoms with Gasteiger partial charge < -0.3 is 11.1 Å². The molecule has 0 aliphatic carbocycles. The largest absolute Gasteiger partial charge is 0.344 e. The predicted molar refractivity (Wildman–Crippen MR) is 115 cm³/mol. The summed E-state index contributed by atoms with van der Waals surface area (Å²) >= 11 is 0. The van der Waals surface area contributed by atoms with Crippen LogP contribution in [0.2, 0.25) is 0 Å². The molecule has 0 aliphatic rings. The van der Waals surface area contributed by atoms with Crippen molar-refractivity contribution in [3.05, 3.63) is 0 Å². The Morgan fingerprint density at radius 1 is 0.458 bits per heavy atom. The molecule has 0 aliphatic heterocycles. The number of halogens is 1. The molecule has 150 valence electrons. The van der Waals surface area contributed by atoms with Crippen LogP contribution in [-0.4, -0.2) is 25.5 Å². The molecule has 0 unspecified atom stereocenters. The van der Waals surface area contributed by atoms with E-state index in [1.54, 1.807) is 0 Å². The highest BCUT2D eigenvalue weighted by atomic mass is 35.5. The summed E-state index contributed by atoms with van der Waals surface area (Å²) in [5.41, 5.74) is 0. The molecule has 0 aromatic heterocycles. The third-order valence-electron chi connectivity index (χ3n) is 4.71. The average molecular weight is 365 g/mol. The lowest BCUT2D eigenvalue weighted by Crippen LogP contribution is -2.12. The van der Waals surface area contributed by atoms with Crippen molar-refractivity contribution >= 4 is 12.4 Å². The molecule has 2 nitrogen and oxygen atoms in total. The smallest absolute Gasteiger partial charge is 0.00248 e. The highest BCUT2D eigenvalue weighted by Crippen LogP contribution is 2.13. The molecule has 3 heteroatoms. The highest BCUT2D eigenvalue weighted by molar-refractivity contribution is 5.85. The molecule has 0 heterocycles. The third-order valence-corrected chi connectivity index (χ3v) is 4.71. The zero-order valence-electron chi connectivity index (χ0n) is 17.3. The molecule has 0 rings (SSSR count). The van der Waals surface area contributed by atoms with Gasteiger partial charge in [-0.1, -0.05) is 110 Å². The topological polar surface area (TPSA) is 38.2 Å². The van der Waals surface area contributed by atoms with Crippen molar-refractivity contribution in [3.8, 4) is 0 Å². The van der Waals surface area contributed by atoms with E-state index in [0.717, 1.165) is 0 Å². The van der Waals surface area contributed by atoms with E-state index in [2.05, 4.69) is 25.9 Å². The lowest BCUT2D eigenvalue weighted by atomic mass is 10.0. The van der Waals surface area contributed by atoms with Crippen LogP contribution in [0.15, 0.2) is 0 Å². The Labute approximate surface area is 160 Å². The van der Waals surface area contributed by atoms with Crippen LogP contribution in [0.25, 0.3) is 0 Å². The Morgan fingerprint density at radius 3 is 0.958 bits per heavy atom. The molecule has 0 aromatic rings. The summed E-state index contributed by atoms with van der Waals surface area (Å²) in [5.74, 6) is 0. The quantitative estimate of drug-likeness (QED) is 0.252. The molecule has 0 aromatic carbocycles. The molecule has 0 saturated carbocycles. The monoisotopic (exact) mass is 364 g/mol. The molecular weight excluding hydrogens is 316 g/mol. The maximum absolute atomic E-state index is 2.30. The number of hydrogen-bond acceptors (Lipinski definition) is 2. The average Bonchev–Trinajstić information content (AvgIpc) is 2.50. The standard InChI is InChI=1S/C21H45N.ClH.H3N/c1-4-5-6-7-8-9-10-11-12-13-14-15-16-17-18-19-20-21-22(2)3;;/h4-21H2,1-3H3;1H;1H3. The second-order valence-electron chi connectivity index (χ2n) is 7.46. The van der Waals surface area contributed by atoms with Crippen molar-refractivity contribution in [3.63, 3.8) is 0 Å². The SMILES string of the molecule is CCCCCCCCCCCCCCCCCCCN(C)C.Cl.N. The van der Waals surface area contributed by atoms with Gasteiger partial charge in [-0.05, 0) is 27.1 Å². The van der Waals surface area contributed by atoms with E-state index in [1.165, 1.54) is 116 Å². The second-order valence-corrected chi connectivity index (χ2v) is 7.46. The fourth-order valence-electron chi connectivity index (χ4n) is 3.15. The summed E-state index contributed by atoms with van der Waals surface area (Å²) in [5, 5.41) is 0. The maximum Gasteiger partial charge on any atom is -0.00248 e.